The Labute approximate surface area is 152 Å². The number of rotatable bonds is 5. The smallest absolute Gasteiger partial charge is 0.270 e. The molecule has 0 aliphatic heterocycles. The summed E-state index contributed by atoms with van der Waals surface area (Å²) >= 11 is 11.9. The average molecular weight is 376 g/mol. The van der Waals surface area contributed by atoms with Crippen LogP contribution in [0.2, 0.25) is 10.0 Å². The van der Waals surface area contributed by atoms with Gasteiger partial charge in [0.15, 0.2) is 0 Å². The molecule has 126 valence electrons. The van der Waals surface area contributed by atoms with Crippen LogP contribution in [0, 0.1) is 10.1 Å². The zero-order chi connectivity index (χ0) is 17.8. The SMILES string of the molecule is O=[N+]([O-])c1ccc(Cl)c(-c2ccc(C=NNc3ccc(Cl)cc3)o2)c1. The average Bonchev–Trinajstić information content (AvgIpc) is 3.05. The predicted molar refractivity (Wildman–Crippen MR) is 98.5 cm³/mol. The maximum absolute atomic E-state index is 10.9. The van der Waals surface area contributed by atoms with Gasteiger partial charge in [0.1, 0.15) is 11.5 Å². The van der Waals surface area contributed by atoms with E-state index in [2.05, 4.69) is 10.5 Å². The summed E-state index contributed by atoms with van der Waals surface area (Å²) < 4.78 is 5.62. The summed E-state index contributed by atoms with van der Waals surface area (Å²) in [5.41, 5.74) is 4.00. The van der Waals surface area contributed by atoms with Crippen LogP contribution >= 0.6 is 23.2 Å². The number of nitrogens with one attached hydrogen (secondary N) is 1. The maximum Gasteiger partial charge on any atom is 0.270 e. The highest BCUT2D eigenvalue weighted by atomic mass is 35.5. The second kappa shape index (κ2) is 7.38. The molecule has 0 radical (unpaired) electrons. The van der Waals surface area contributed by atoms with E-state index in [1.54, 1.807) is 36.4 Å². The Hall–Kier alpha value is -2.83. The second-order valence-corrected chi connectivity index (χ2v) is 5.84. The van der Waals surface area contributed by atoms with E-state index < -0.39 is 4.92 Å². The lowest BCUT2D eigenvalue weighted by Crippen LogP contribution is -1.89. The molecule has 0 bridgehead atoms. The topological polar surface area (TPSA) is 80.7 Å². The summed E-state index contributed by atoms with van der Waals surface area (Å²) in [5, 5.41) is 16.0. The molecule has 0 atom stereocenters. The molecule has 6 nitrogen and oxygen atoms in total. The first-order chi connectivity index (χ1) is 12.0. The predicted octanol–water partition coefficient (Wildman–Crippen LogP) is 5.61. The zero-order valence-corrected chi connectivity index (χ0v) is 14.2. The van der Waals surface area contributed by atoms with Crippen LogP contribution < -0.4 is 5.43 Å². The van der Waals surface area contributed by atoms with E-state index in [0.717, 1.165) is 5.69 Å². The van der Waals surface area contributed by atoms with Gasteiger partial charge in [-0.2, -0.15) is 5.10 Å². The Balaban J connectivity index is 1.76. The number of hydrogen-bond donors (Lipinski definition) is 1. The minimum atomic E-state index is -0.485. The molecule has 0 spiro atoms. The molecule has 25 heavy (non-hydrogen) atoms. The third-order valence-corrected chi connectivity index (χ3v) is 3.86. The van der Waals surface area contributed by atoms with E-state index in [4.69, 9.17) is 27.6 Å². The third kappa shape index (κ3) is 4.17. The van der Waals surface area contributed by atoms with Crippen LogP contribution in [-0.4, -0.2) is 11.1 Å². The van der Waals surface area contributed by atoms with E-state index in [9.17, 15) is 10.1 Å². The van der Waals surface area contributed by atoms with Crippen LogP contribution in [0.1, 0.15) is 5.76 Å². The Bertz CT molecular complexity index is 937. The number of nitro benzene ring substituents is 1. The standard InChI is InChI=1S/C17H11Cl2N3O3/c18-11-1-3-12(4-2-11)21-20-10-14-6-8-17(25-14)15-9-13(22(23)24)5-7-16(15)19/h1-10,21H. The first kappa shape index (κ1) is 17.0. The Morgan fingerprint density at radius 2 is 1.84 bits per heavy atom. The second-order valence-electron chi connectivity index (χ2n) is 5.00. The number of nitrogens with zero attached hydrogens (tertiary/aromatic N) is 2. The fourth-order valence-corrected chi connectivity index (χ4v) is 2.41. The number of non-ortho nitro benzene ring substituents is 1. The Morgan fingerprint density at radius 3 is 2.56 bits per heavy atom. The number of anilines is 1. The minimum Gasteiger partial charge on any atom is -0.455 e. The van der Waals surface area contributed by atoms with E-state index >= 15 is 0 Å². The van der Waals surface area contributed by atoms with Crippen LogP contribution in [0.3, 0.4) is 0 Å². The summed E-state index contributed by atoms with van der Waals surface area (Å²) in [6.45, 7) is 0. The van der Waals surface area contributed by atoms with Gasteiger partial charge < -0.3 is 4.42 Å². The highest BCUT2D eigenvalue weighted by molar-refractivity contribution is 6.33. The zero-order valence-electron chi connectivity index (χ0n) is 12.6. The van der Waals surface area contributed by atoms with Gasteiger partial charge in [-0.3, -0.25) is 15.5 Å². The maximum atomic E-state index is 10.9. The first-order valence-electron chi connectivity index (χ1n) is 7.12. The normalized spacial score (nSPS) is 11.0. The number of hydrazone groups is 1. The van der Waals surface area contributed by atoms with Gasteiger partial charge in [0, 0.05) is 22.7 Å². The Morgan fingerprint density at radius 1 is 1.08 bits per heavy atom. The highest BCUT2D eigenvalue weighted by Gasteiger charge is 2.14. The summed E-state index contributed by atoms with van der Waals surface area (Å²) in [4.78, 5) is 10.4. The van der Waals surface area contributed by atoms with E-state index in [1.807, 2.05) is 0 Å². The number of furan rings is 1. The number of hydrogen-bond acceptors (Lipinski definition) is 5. The molecule has 0 saturated heterocycles. The highest BCUT2D eigenvalue weighted by Crippen LogP contribution is 2.32. The molecule has 0 amide bonds. The molecule has 3 aromatic rings. The van der Waals surface area contributed by atoms with Gasteiger partial charge in [-0.1, -0.05) is 23.2 Å². The van der Waals surface area contributed by atoms with Gasteiger partial charge in [-0.25, -0.2) is 0 Å². The summed E-state index contributed by atoms with van der Waals surface area (Å²) in [5.74, 6) is 0.890. The van der Waals surface area contributed by atoms with Gasteiger partial charge in [-0.05, 0) is 42.5 Å². The van der Waals surface area contributed by atoms with Crippen LogP contribution in [0.5, 0.6) is 0 Å². The third-order valence-electron chi connectivity index (χ3n) is 3.28. The molecule has 0 aliphatic carbocycles. The van der Waals surface area contributed by atoms with Gasteiger partial charge in [0.25, 0.3) is 5.69 Å². The van der Waals surface area contributed by atoms with Crippen LogP contribution in [0.25, 0.3) is 11.3 Å². The van der Waals surface area contributed by atoms with Crippen molar-refractivity contribution in [1.82, 2.24) is 0 Å². The fraction of sp³-hybridized carbons (Fsp3) is 0. The molecule has 0 fully saturated rings. The molecule has 1 N–H and O–H groups in total. The van der Waals surface area contributed by atoms with Crippen molar-refractivity contribution in [2.24, 2.45) is 5.10 Å². The quantitative estimate of drug-likeness (QED) is 0.357. The monoisotopic (exact) mass is 375 g/mol. The van der Waals surface area contributed by atoms with Crippen molar-refractivity contribution < 1.29 is 9.34 Å². The van der Waals surface area contributed by atoms with Crippen molar-refractivity contribution in [1.29, 1.82) is 0 Å². The van der Waals surface area contributed by atoms with E-state index in [0.29, 0.717) is 27.1 Å². The largest absolute Gasteiger partial charge is 0.455 e. The van der Waals surface area contributed by atoms with Crippen LogP contribution in [0.4, 0.5) is 11.4 Å². The fourth-order valence-electron chi connectivity index (χ4n) is 2.08. The van der Waals surface area contributed by atoms with Gasteiger partial charge in [0.05, 0.1) is 21.8 Å². The van der Waals surface area contributed by atoms with Crippen molar-refractivity contribution >= 4 is 40.8 Å². The molecular formula is C17H11Cl2N3O3. The molecule has 1 heterocycles. The van der Waals surface area contributed by atoms with E-state index in [-0.39, 0.29) is 5.69 Å². The van der Waals surface area contributed by atoms with Crippen molar-refractivity contribution in [3.05, 3.63) is 80.5 Å². The Kier molecular flexibility index (Phi) is 5.02. The molecular weight excluding hydrogens is 365 g/mol. The molecule has 0 saturated carbocycles. The van der Waals surface area contributed by atoms with Crippen molar-refractivity contribution in [2.75, 3.05) is 5.43 Å². The number of benzene rings is 2. The van der Waals surface area contributed by atoms with Crippen molar-refractivity contribution in [3.63, 3.8) is 0 Å². The van der Waals surface area contributed by atoms with E-state index in [1.165, 1.54) is 24.4 Å². The van der Waals surface area contributed by atoms with Crippen LogP contribution in [0.15, 0.2) is 64.1 Å². The molecule has 2 aromatic carbocycles. The van der Waals surface area contributed by atoms with Gasteiger partial charge >= 0.3 is 0 Å². The summed E-state index contributed by atoms with van der Waals surface area (Å²) in [7, 11) is 0. The number of halogens is 2. The van der Waals surface area contributed by atoms with Crippen molar-refractivity contribution in [2.45, 2.75) is 0 Å². The summed E-state index contributed by atoms with van der Waals surface area (Å²) in [6.07, 6.45) is 1.49. The van der Waals surface area contributed by atoms with Gasteiger partial charge in [-0.15, -0.1) is 0 Å². The number of nitro groups is 1. The molecule has 8 heteroatoms. The van der Waals surface area contributed by atoms with Crippen LogP contribution in [-0.2, 0) is 0 Å². The molecule has 1 aromatic heterocycles. The lowest BCUT2D eigenvalue weighted by Gasteiger charge is -2.01. The lowest BCUT2D eigenvalue weighted by atomic mass is 10.1. The summed E-state index contributed by atoms with van der Waals surface area (Å²) in [6, 6.07) is 14.6. The minimum absolute atomic E-state index is 0.0598. The molecule has 0 unspecified atom stereocenters. The molecule has 0 aliphatic rings. The van der Waals surface area contributed by atoms with Crippen molar-refractivity contribution in [3.8, 4) is 11.3 Å². The molecule has 3 rings (SSSR count). The lowest BCUT2D eigenvalue weighted by molar-refractivity contribution is -0.384. The first-order valence-corrected chi connectivity index (χ1v) is 7.87. The van der Waals surface area contributed by atoms with Gasteiger partial charge in [0.2, 0.25) is 0 Å².